The third kappa shape index (κ3) is 1.94. The molecule has 5 heteroatoms. The molecule has 17 heavy (non-hydrogen) atoms. The molecule has 0 saturated carbocycles. The van der Waals surface area contributed by atoms with Crippen molar-refractivity contribution in [3.05, 3.63) is 29.8 Å². The van der Waals surface area contributed by atoms with E-state index in [0.717, 1.165) is 5.56 Å². The molecule has 4 nitrogen and oxygen atoms in total. The number of rotatable bonds is 3. The van der Waals surface area contributed by atoms with Gasteiger partial charge in [0.2, 0.25) is 10.0 Å². The minimum atomic E-state index is -3.49. The Morgan fingerprint density at radius 1 is 1.35 bits per heavy atom. The molecule has 0 bridgehead atoms. The molecule has 2 rings (SSSR count). The van der Waals surface area contributed by atoms with Crippen molar-refractivity contribution in [3.63, 3.8) is 0 Å². The zero-order chi connectivity index (χ0) is 12.6. The first-order valence-electron chi connectivity index (χ1n) is 5.52. The summed E-state index contributed by atoms with van der Waals surface area (Å²) in [7, 11) is -3.49. The minimum absolute atomic E-state index is 0.161. The van der Waals surface area contributed by atoms with Crippen molar-refractivity contribution in [1.29, 1.82) is 5.26 Å². The molecule has 0 aromatic heterocycles. The lowest BCUT2D eigenvalue weighted by atomic mass is 10.2. The number of nitrogens with zero attached hydrogens (tertiary/aromatic N) is 2. The molecule has 1 heterocycles. The third-order valence-electron chi connectivity index (χ3n) is 3.02. The highest BCUT2D eigenvalue weighted by Crippen LogP contribution is 2.37. The van der Waals surface area contributed by atoms with Crippen LogP contribution in [0.1, 0.15) is 18.9 Å². The maximum Gasteiger partial charge on any atom is 0.244 e. The highest BCUT2D eigenvalue weighted by Gasteiger charge is 2.54. The number of aryl methyl sites for hydroxylation is 1. The van der Waals surface area contributed by atoms with Gasteiger partial charge >= 0.3 is 0 Å². The van der Waals surface area contributed by atoms with Crippen molar-refractivity contribution in [2.45, 2.75) is 37.2 Å². The Bertz CT molecular complexity index is 557. The van der Waals surface area contributed by atoms with E-state index in [2.05, 4.69) is 0 Å². The Kier molecular flexibility index (Phi) is 2.94. The predicted octanol–water partition coefficient (Wildman–Crippen LogP) is 1.67. The topological polar surface area (TPSA) is 60.9 Å². The van der Waals surface area contributed by atoms with Crippen molar-refractivity contribution < 1.29 is 8.42 Å². The van der Waals surface area contributed by atoms with Crippen LogP contribution in [0.25, 0.3) is 0 Å². The molecule has 1 aliphatic rings. The van der Waals surface area contributed by atoms with Gasteiger partial charge in [-0.25, -0.2) is 8.42 Å². The molecule has 0 aliphatic carbocycles. The first-order chi connectivity index (χ1) is 8.02. The second-order valence-corrected chi connectivity index (χ2v) is 6.04. The number of hydrogen-bond acceptors (Lipinski definition) is 3. The Morgan fingerprint density at radius 2 is 1.94 bits per heavy atom. The summed E-state index contributed by atoms with van der Waals surface area (Å²) in [6, 6.07) is 8.07. The molecule has 0 radical (unpaired) electrons. The van der Waals surface area contributed by atoms with Crippen molar-refractivity contribution in [3.8, 4) is 6.07 Å². The quantitative estimate of drug-likeness (QED) is 0.767. The van der Waals surface area contributed by atoms with Gasteiger partial charge in [0.15, 0.2) is 0 Å². The number of sulfonamides is 1. The Morgan fingerprint density at radius 3 is 2.35 bits per heavy atom. The van der Waals surface area contributed by atoms with Crippen molar-refractivity contribution in [2.75, 3.05) is 0 Å². The highest BCUT2D eigenvalue weighted by atomic mass is 32.2. The average molecular weight is 250 g/mol. The van der Waals surface area contributed by atoms with Crippen molar-refractivity contribution in [1.82, 2.24) is 4.31 Å². The molecule has 0 spiro atoms. The van der Waals surface area contributed by atoms with Crippen LogP contribution in [0, 0.1) is 18.3 Å². The molecule has 0 N–H and O–H groups in total. The van der Waals surface area contributed by atoms with Crippen LogP contribution in [0.3, 0.4) is 0 Å². The van der Waals surface area contributed by atoms with Gasteiger partial charge in [-0.3, -0.25) is 0 Å². The van der Waals surface area contributed by atoms with Gasteiger partial charge in [-0.2, -0.15) is 9.57 Å². The maximum absolute atomic E-state index is 12.2. The lowest BCUT2D eigenvalue weighted by molar-refractivity contribution is 0.547. The Hall–Kier alpha value is -1.38. The van der Waals surface area contributed by atoms with E-state index < -0.39 is 16.1 Å². The highest BCUT2D eigenvalue weighted by molar-refractivity contribution is 7.89. The van der Waals surface area contributed by atoms with Crippen molar-refractivity contribution >= 4 is 10.0 Å². The summed E-state index contributed by atoms with van der Waals surface area (Å²) in [6.45, 7) is 3.79. The largest absolute Gasteiger partial charge is 0.244 e. The summed E-state index contributed by atoms with van der Waals surface area (Å²) in [6.07, 6.45) is 0.670. The lowest BCUT2D eigenvalue weighted by Crippen LogP contribution is -2.15. The SMILES string of the molecule is CCC1C(C#N)N1S(=O)(=O)c1ccc(C)cc1. The molecular formula is C12H14N2O2S. The zero-order valence-corrected chi connectivity index (χ0v) is 10.6. The van der Waals surface area contributed by atoms with Gasteiger partial charge in [-0.05, 0) is 25.5 Å². The van der Waals surface area contributed by atoms with Crippen LogP contribution < -0.4 is 0 Å². The molecule has 1 aliphatic heterocycles. The molecule has 0 amide bonds. The fourth-order valence-corrected chi connectivity index (χ4v) is 3.74. The van der Waals surface area contributed by atoms with Gasteiger partial charge in [0.05, 0.1) is 17.0 Å². The van der Waals surface area contributed by atoms with Gasteiger partial charge in [-0.1, -0.05) is 24.6 Å². The third-order valence-corrected chi connectivity index (χ3v) is 4.94. The first-order valence-corrected chi connectivity index (χ1v) is 6.96. The van der Waals surface area contributed by atoms with Crippen LogP contribution >= 0.6 is 0 Å². The van der Waals surface area contributed by atoms with Crippen LogP contribution in [0.5, 0.6) is 0 Å². The van der Waals surface area contributed by atoms with Crippen molar-refractivity contribution in [2.24, 2.45) is 0 Å². The molecule has 1 fully saturated rings. The first kappa shape index (κ1) is 12.1. The van der Waals surface area contributed by atoms with Gasteiger partial charge in [-0.15, -0.1) is 0 Å². The predicted molar refractivity (Wildman–Crippen MR) is 63.7 cm³/mol. The Labute approximate surface area is 102 Å². The maximum atomic E-state index is 12.2. The molecule has 1 aromatic carbocycles. The fraction of sp³-hybridized carbons (Fsp3) is 0.417. The van der Waals surface area contributed by atoms with Gasteiger partial charge in [0.25, 0.3) is 0 Å². The molecule has 1 saturated heterocycles. The monoisotopic (exact) mass is 250 g/mol. The molecule has 90 valence electrons. The second-order valence-electron chi connectivity index (χ2n) is 4.20. The summed E-state index contributed by atoms with van der Waals surface area (Å²) >= 11 is 0. The van der Waals surface area contributed by atoms with E-state index in [-0.39, 0.29) is 10.9 Å². The van der Waals surface area contributed by atoms with E-state index in [0.29, 0.717) is 6.42 Å². The van der Waals surface area contributed by atoms with Crippen LogP contribution in [-0.2, 0) is 10.0 Å². The summed E-state index contributed by atoms with van der Waals surface area (Å²) in [5, 5.41) is 8.88. The number of benzene rings is 1. The summed E-state index contributed by atoms with van der Waals surface area (Å²) < 4.78 is 25.7. The summed E-state index contributed by atoms with van der Waals surface area (Å²) in [5.41, 5.74) is 1.01. The summed E-state index contributed by atoms with van der Waals surface area (Å²) in [5.74, 6) is 0. The lowest BCUT2D eigenvalue weighted by Gasteiger charge is -2.05. The van der Waals surface area contributed by atoms with E-state index in [1.807, 2.05) is 19.9 Å². The minimum Gasteiger partial charge on any atom is -0.207 e. The second kappa shape index (κ2) is 4.13. The molecule has 1 aromatic rings. The van der Waals surface area contributed by atoms with E-state index in [4.69, 9.17) is 5.26 Å². The standard InChI is InChI=1S/C12H14N2O2S/c1-3-11-12(8-13)14(11)17(15,16)10-6-4-9(2)5-7-10/h4-7,11-12H,3H2,1-2H3. The van der Waals surface area contributed by atoms with Gasteiger partial charge < -0.3 is 0 Å². The number of nitriles is 1. The van der Waals surface area contributed by atoms with Crippen LogP contribution in [0.2, 0.25) is 0 Å². The van der Waals surface area contributed by atoms with E-state index in [1.165, 1.54) is 4.31 Å². The average Bonchev–Trinajstić information content (AvgIpc) is 3.03. The van der Waals surface area contributed by atoms with E-state index in [1.54, 1.807) is 24.3 Å². The molecule has 3 atom stereocenters. The van der Waals surface area contributed by atoms with Crippen LogP contribution in [0.15, 0.2) is 29.2 Å². The summed E-state index contributed by atoms with van der Waals surface area (Å²) in [4.78, 5) is 0.263. The van der Waals surface area contributed by atoms with Crippen LogP contribution in [-0.4, -0.2) is 24.8 Å². The molecular weight excluding hydrogens is 236 g/mol. The number of hydrogen-bond donors (Lipinski definition) is 0. The van der Waals surface area contributed by atoms with Crippen LogP contribution in [0.4, 0.5) is 0 Å². The Balaban J connectivity index is 2.33. The van der Waals surface area contributed by atoms with Gasteiger partial charge in [0, 0.05) is 0 Å². The van der Waals surface area contributed by atoms with Gasteiger partial charge in [0.1, 0.15) is 6.04 Å². The fourth-order valence-electron chi connectivity index (χ4n) is 1.96. The normalized spacial score (nSPS) is 27.5. The van der Waals surface area contributed by atoms with E-state index in [9.17, 15) is 8.42 Å². The smallest absolute Gasteiger partial charge is 0.207 e. The molecule has 3 unspecified atom stereocenters. The zero-order valence-electron chi connectivity index (χ0n) is 9.79. The van der Waals surface area contributed by atoms with E-state index >= 15 is 0 Å².